The molecule has 0 fully saturated rings. The predicted molar refractivity (Wildman–Crippen MR) is 74.0 cm³/mol. The van der Waals surface area contributed by atoms with Crippen LogP contribution in [0, 0.1) is 13.3 Å². The minimum absolute atomic E-state index is 0.612. The number of halogens is 2. The van der Waals surface area contributed by atoms with Gasteiger partial charge in [0.25, 0.3) is 0 Å². The fourth-order valence-corrected chi connectivity index (χ4v) is 2.33. The summed E-state index contributed by atoms with van der Waals surface area (Å²) in [7, 11) is 9.87. The molecule has 0 bridgehead atoms. The molecule has 91 valence electrons. The molecule has 0 unspecified atom stereocenters. The van der Waals surface area contributed by atoms with E-state index in [9.17, 15) is 0 Å². The molecule has 0 nitrogen and oxygen atoms in total. The third kappa shape index (κ3) is 3.95. The second-order valence-corrected chi connectivity index (χ2v) is 8.29. The van der Waals surface area contributed by atoms with Gasteiger partial charge in [0.15, 0.2) is 0 Å². The second kappa shape index (κ2) is 7.12. The van der Waals surface area contributed by atoms with Crippen LogP contribution in [0.15, 0.2) is 17.7 Å². The van der Waals surface area contributed by atoms with Gasteiger partial charge in [0.05, 0.1) is 0 Å². The molecule has 1 aliphatic rings. The van der Waals surface area contributed by atoms with Crippen LogP contribution in [0.2, 0.25) is 0 Å². The molecule has 17 heavy (non-hydrogen) atoms. The molecule has 0 aromatic heterocycles. The molecule has 1 aliphatic carbocycles. The molecule has 0 spiro atoms. The van der Waals surface area contributed by atoms with Crippen molar-refractivity contribution in [1.29, 1.82) is 0 Å². The molecular formula is C14H17Cl2Zr. The maximum absolute atomic E-state index is 4.93. The first-order valence-electron chi connectivity index (χ1n) is 5.64. The summed E-state index contributed by atoms with van der Waals surface area (Å²) in [5.74, 6) is 0.612. The molecule has 0 saturated heterocycles. The fraction of sp³-hybridized carbons (Fsp3) is 0.357. The van der Waals surface area contributed by atoms with Gasteiger partial charge < -0.3 is 0 Å². The molecule has 1 aromatic rings. The third-order valence-electron chi connectivity index (χ3n) is 2.87. The molecule has 0 aliphatic heterocycles. The van der Waals surface area contributed by atoms with Gasteiger partial charge in [-0.1, -0.05) is 37.6 Å². The average molecular weight is 347 g/mol. The van der Waals surface area contributed by atoms with E-state index in [1.807, 2.05) is 0 Å². The first-order valence-corrected chi connectivity index (χ1v) is 12.0. The van der Waals surface area contributed by atoms with Crippen molar-refractivity contribution < 1.29 is 20.8 Å². The monoisotopic (exact) mass is 345 g/mol. The molecule has 0 heterocycles. The molecule has 1 radical (unpaired) electrons. The Hall–Kier alpha value is 0.423. The SMILES string of the molecule is CC1=Cc2c(ccc(C)c2C(C)C)[CH]1.[Cl][Zr][Cl]. The van der Waals surface area contributed by atoms with E-state index in [1.165, 1.54) is 27.8 Å². The van der Waals surface area contributed by atoms with Gasteiger partial charge in [0.2, 0.25) is 0 Å². The summed E-state index contributed by atoms with van der Waals surface area (Å²) < 4.78 is 0. The average Bonchev–Trinajstić information content (AvgIpc) is 2.58. The van der Waals surface area contributed by atoms with Crippen LogP contribution in [-0.2, 0) is 20.8 Å². The molecule has 3 heteroatoms. The maximum atomic E-state index is 4.93. The zero-order chi connectivity index (χ0) is 13.0. The Morgan fingerprint density at radius 1 is 1.12 bits per heavy atom. The zero-order valence-corrected chi connectivity index (χ0v) is 14.6. The van der Waals surface area contributed by atoms with Gasteiger partial charge in [-0.25, -0.2) is 0 Å². The molecule has 0 N–H and O–H groups in total. The van der Waals surface area contributed by atoms with Gasteiger partial charge in [-0.05, 0) is 42.0 Å². The summed E-state index contributed by atoms with van der Waals surface area (Å²) in [4.78, 5) is 0. The van der Waals surface area contributed by atoms with Gasteiger partial charge in [-0.2, -0.15) is 0 Å². The van der Waals surface area contributed by atoms with E-state index in [2.05, 4.69) is 52.3 Å². The molecule has 0 atom stereocenters. The quantitative estimate of drug-likeness (QED) is 0.632. The van der Waals surface area contributed by atoms with Gasteiger partial charge >= 0.3 is 37.9 Å². The van der Waals surface area contributed by atoms with Crippen LogP contribution < -0.4 is 0 Å². The van der Waals surface area contributed by atoms with Crippen molar-refractivity contribution in [3.63, 3.8) is 0 Å². The van der Waals surface area contributed by atoms with E-state index in [4.69, 9.17) is 17.0 Å². The number of benzene rings is 1. The summed E-state index contributed by atoms with van der Waals surface area (Å²) >= 11 is -0.826. The second-order valence-electron chi connectivity index (χ2n) is 4.56. The molecule has 1 aromatic carbocycles. The Kier molecular flexibility index (Phi) is 6.48. The number of hydrogen-bond acceptors (Lipinski definition) is 0. The van der Waals surface area contributed by atoms with Crippen LogP contribution >= 0.6 is 17.0 Å². The van der Waals surface area contributed by atoms with Gasteiger partial charge in [0, 0.05) is 6.42 Å². The normalized spacial score (nSPS) is 12.8. The standard InChI is InChI=1S/C14H17.2ClH.Zr/c1-9(2)14-11(4)5-6-12-7-10(3)8-13(12)14;;;/h5-9H,1-4H3;2*1H;/q;;;+2/p-2. The van der Waals surface area contributed by atoms with E-state index < -0.39 is 20.8 Å². The third-order valence-corrected chi connectivity index (χ3v) is 2.87. The van der Waals surface area contributed by atoms with Crippen LogP contribution in [-0.4, -0.2) is 0 Å². The van der Waals surface area contributed by atoms with Crippen molar-refractivity contribution in [3.05, 3.63) is 46.4 Å². The summed E-state index contributed by atoms with van der Waals surface area (Å²) in [6.07, 6.45) is 4.57. The Bertz CT molecular complexity index is 422. The van der Waals surface area contributed by atoms with Gasteiger partial charge in [-0.3, -0.25) is 0 Å². The number of fused-ring (bicyclic) bond motifs is 1. The van der Waals surface area contributed by atoms with Crippen molar-refractivity contribution in [2.75, 3.05) is 0 Å². The number of allylic oxidation sites excluding steroid dienone is 1. The molecular weight excluding hydrogens is 330 g/mol. The first kappa shape index (κ1) is 15.5. The van der Waals surface area contributed by atoms with E-state index in [-0.39, 0.29) is 0 Å². The fourth-order valence-electron chi connectivity index (χ4n) is 2.33. The van der Waals surface area contributed by atoms with Crippen molar-refractivity contribution in [2.45, 2.75) is 33.6 Å². The first-order chi connectivity index (χ1) is 8.01. The Morgan fingerprint density at radius 2 is 1.71 bits per heavy atom. The molecule has 2 rings (SSSR count). The number of hydrogen-bond donors (Lipinski definition) is 0. The summed E-state index contributed by atoms with van der Waals surface area (Å²) in [5, 5.41) is 0. The van der Waals surface area contributed by atoms with Crippen molar-refractivity contribution in [1.82, 2.24) is 0 Å². The minimum atomic E-state index is -0.826. The van der Waals surface area contributed by atoms with Crippen molar-refractivity contribution in [3.8, 4) is 0 Å². The summed E-state index contributed by atoms with van der Waals surface area (Å²) in [5.41, 5.74) is 7.12. The van der Waals surface area contributed by atoms with Crippen LogP contribution in [0.4, 0.5) is 0 Å². The van der Waals surface area contributed by atoms with E-state index >= 15 is 0 Å². The summed E-state index contributed by atoms with van der Waals surface area (Å²) in [6, 6.07) is 4.46. The van der Waals surface area contributed by atoms with Gasteiger partial charge in [0.1, 0.15) is 0 Å². The topological polar surface area (TPSA) is 0 Å². The van der Waals surface area contributed by atoms with Crippen LogP contribution in [0.1, 0.15) is 48.9 Å². The number of aryl methyl sites for hydroxylation is 1. The number of rotatable bonds is 1. The summed E-state index contributed by atoms with van der Waals surface area (Å²) in [6.45, 7) is 8.91. The van der Waals surface area contributed by atoms with E-state index in [0.717, 1.165) is 0 Å². The van der Waals surface area contributed by atoms with Crippen LogP contribution in [0.5, 0.6) is 0 Å². The molecule has 0 saturated carbocycles. The Labute approximate surface area is 123 Å². The van der Waals surface area contributed by atoms with Gasteiger partial charge in [-0.15, -0.1) is 0 Å². The predicted octanol–water partition coefficient (Wildman–Crippen LogP) is 5.46. The molecule has 0 amide bonds. The van der Waals surface area contributed by atoms with E-state index in [1.54, 1.807) is 0 Å². The van der Waals surface area contributed by atoms with Crippen LogP contribution in [0.3, 0.4) is 0 Å². The zero-order valence-electron chi connectivity index (χ0n) is 10.6. The Morgan fingerprint density at radius 3 is 2.24 bits per heavy atom. The van der Waals surface area contributed by atoms with Crippen molar-refractivity contribution in [2.24, 2.45) is 0 Å². The van der Waals surface area contributed by atoms with Crippen molar-refractivity contribution >= 4 is 23.1 Å². The van der Waals surface area contributed by atoms with E-state index in [0.29, 0.717) is 5.92 Å². The van der Waals surface area contributed by atoms with Crippen LogP contribution in [0.25, 0.3) is 6.08 Å². The Balaban J connectivity index is 0.000000437.